The molecule has 1 aromatic rings. The van der Waals surface area contributed by atoms with Crippen LogP contribution in [0.4, 0.5) is 0 Å². The molecular weight excluding hydrogens is 186 g/mol. The van der Waals surface area contributed by atoms with Gasteiger partial charge in [0.2, 0.25) is 5.75 Å². The smallest absolute Gasteiger partial charge is 0.328 e. The van der Waals surface area contributed by atoms with Gasteiger partial charge in [0.15, 0.2) is 0 Å². The molecule has 0 spiro atoms. The molecule has 0 fully saturated rings. The second-order valence-corrected chi connectivity index (χ2v) is 2.53. The molecule has 6 nitrogen and oxygen atoms in total. The van der Waals surface area contributed by atoms with Crippen molar-refractivity contribution in [2.75, 3.05) is 7.11 Å². The first-order valence-corrected chi connectivity index (χ1v) is 3.94. The summed E-state index contributed by atoms with van der Waals surface area (Å²) < 4.78 is 5.67. The van der Waals surface area contributed by atoms with Crippen LogP contribution >= 0.6 is 0 Å². The summed E-state index contributed by atoms with van der Waals surface area (Å²) in [4.78, 5) is 24.9. The van der Waals surface area contributed by atoms with Crippen molar-refractivity contribution in [3.05, 3.63) is 27.0 Å². The van der Waals surface area contributed by atoms with Gasteiger partial charge in [-0.3, -0.25) is 9.36 Å². The molecule has 0 radical (unpaired) electrons. The Hall–Kier alpha value is -2.03. The summed E-state index contributed by atoms with van der Waals surface area (Å²) in [7, 11) is 1.34. The van der Waals surface area contributed by atoms with Crippen LogP contribution in [0.5, 0.6) is 5.75 Å². The zero-order valence-electron chi connectivity index (χ0n) is 7.61. The van der Waals surface area contributed by atoms with Crippen molar-refractivity contribution >= 4 is 0 Å². The van der Waals surface area contributed by atoms with Crippen LogP contribution in [0.15, 0.2) is 15.8 Å². The Balaban J connectivity index is 3.21. The molecule has 0 amide bonds. The second kappa shape index (κ2) is 4.28. The summed E-state index contributed by atoms with van der Waals surface area (Å²) in [6, 6.07) is 1.85. The lowest BCUT2D eigenvalue weighted by Crippen LogP contribution is -2.35. The molecule has 0 saturated heterocycles. The molecule has 1 heterocycles. The van der Waals surface area contributed by atoms with Gasteiger partial charge in [-0.1, -0.05) is 0 Å². The van der Waals surface area contributed by atoms with Crippen LogP contribution < -0.4 is 16.0 Å². The van der Waals surface area contributed by atoms with Crippen LogP contribution in [0.25, 0.3) is 0 Å². The number of nitriles is 1. The van der Waals surface area contributed by atoms with Crippen LogP contribution in [-0.2, 0) is 6.54 Å². The van der Waals surface area contributed by atoms with Crippen molar-refractivity contribution in [3.8, 4) is 11.8 Å². The van der Waals surface area contributed by atoms with E-state index in [0.717, 1.165) is 4.57 Å². The molecule has 0 atom stereocenters. The van der Waals surface area contributed by atoms with E-state index >= 15 is 0 Å². The zero-order chi connectivity index (χ0) is 10.6. The lowest BCUT2D eigenvalue weighted by Gasteiger charge is -2.03. The van der Waals surface area contributed by atoms with Crippen molar-refractivity contribution in [2.24, 2.45) is 0 Å². The maximum Gasteiger partial charge on any atom is 0.328 e. The highest BCUT2D eigenvalue weighted by molar-refractivity contribution is 5.11. The van der Waals surface area contributed by atoms with Gasteiger partial charge < -0.3 is 9.72 Å². The summed E-state index contributed by atoms with van der Waals surface area (Å²) in [5.74, 6) is 0.0579. The fourth-order valence-corrected chi connectivity index (χ4v) is 1.00. The Morgan fingerprint density at radius 2 is 2.36 bits per heavy atom. The predicted octanol–water partition coefficient (Wildman–Crippen LogP) is -0.541. The Morgan fingerprint density at radius 1 is 1.64 bits per heavy atom. The van der Waals surface area contributed by atoms with Crippen LogP contribution in [0, 0.1) is 11.3 Å². The molecule has 0 aliphatic rings. The number of methoxy groups -OCH3 is 1. The molecule has 6 heteroatoms. The number of ether oxygens (including phenoxy) is 1. The highest BCUT2D eigenvalue weighted by Gasteiger charge is 2.06. The first kappa shape index (κ1) is 10.1. The normalized spacial score (nSPS) is 9.43. The number of aromatic amines is 1. The highest BCUT2D eigenvalue weighted by atomic mass is 16.5. The number of nitrogens with one attached hydrogen (secondary N) is 1. The summed E-state index contributed by atoms with van der Waals surface area (Å²) in [5.41, 5.74) is -1.06. The third kappa shape index (κ3) is 1.82. The molecule has 0 aliphatic heterocycles. The van der Waals surface area contributed by atoms with Gasteiger partial charge in [-0.25, -0.2) is 4.79 Å². The average Bonchev–Trinajstić information content (AvgIpc) is 2.18. The summed E-state index contributed by atoms with van der Waals surface area (Å²) >= 11 is 0. The number of rotatable bonds is 3. The zero-order valence-corrected chi connectivity index (χ0v) is 7.61. The lowest BCUT2D eigenvalue weighted by molar-refractivity contribution is 0.397. The molecule has 0 aliphatic carbocycles. The van der Waals surface area contributed by atoms with Gasteiger partial charge >= 0.3 is 5.69 Å². The van der Waals surface area contributed by atoms with Crippen molar-refractivity contribution < 1.29 is 4.74 Å². The van der Waals surface area contributed by atoms with E-state index in [-0.39, 0.29) is 18.7 Å². The first-order valence-electron chi connectivity index (χ1n) is 3.94. The van der Waals surface area contributed by atoms with Gasteiger partial charge in [-0.15, -0.1) is 0 Å². The van der Waals surface area contributed by atoms with E-state index in [9.17, 15) is 9.59 Å². The number of hydrogen-bond donors (Lipinski definition) is 1. The molecule has 0 aromatic carbocycles. The second-order valence-electron chi connectivity index (χ2n) is 2.53. The van der Waals surface area contributed by atoms with Crippen LogP contribution in [0.1, 0.15) is 6.42 Å². The summed E-state index contributed by atoms with van der Waals surface area (Å²) in [6.07, 6.45) is 1.31. The number of aromatic nitrogens is 2. The van der Waals surface area contributed by atoms with E-state index in [1.54, 1.807) is 0 Å². The molecule has 1 rings (SSSR count). The van der Waals surface area contributed by atoms with E-state index in [1.807, 2.05) is 6.07 Å². The van der Waals surface area contributed by atoms with Crippen molar-refractivity contribution in [3.63, 3.8) is 0 Å². The van der Waals surface area contributed by atoms with E-state index in [2.05, 4.69) is 4.98 Å². The first-order chi connectivity index (χ1) is 6.70. The van der Waals surface area contributed by atoms with E-state index in [4.69, 9.17) is 10.00 Å². The summed E-state index contributed by atoms with van der Waals surface area (Å²) in [6.45, 7) is 0.0713. The topological polar surface area (TPSA) is 87.9 Å². The molecule has 0 saturated carbocycles. The highest BCUT2D eigenvalue weighted by Crippen LogP contribution is 1.94. The lowest BCUT2D eigenvalue weighted by atomic mass is 10.4. The minimum Gasteiger partial charge on any atom is -0.490 e. The summed E-state index contributed by atoms with van der Waals surface area (Å²) in [5, 5.41) is 8.33. The van der Waals surface area contributed by atoms with Gasteiger partial charge in [0.25, 0.3) is 5.56 Å². The van der Waals surface area contributed by atoms with Crippen LogP contribution in [0.2, 0.25) is 0 Å². The monoisotopic (exact) mass is 195 g/mol. The Labute approximate surface area is 79.4 Å². The van der Waals surface area contributed by atoms with Gasteiger partial charge in [0.1, 0.15) is 0 Å². The molecule has 0 bridgehead atoms. The number of hydrogen-bond acceptors (Lipinski definition) is 4. The number of nitrogens with zero attached hydrogens (tertiary/aromatic N) is 2. The Kier molecular flexibility index (Phi) is 3.07. The Morgan fingerprint density at radius 3 is 2.93 bits per heavy atom. The van der Waals surface area contributed by atoms with E-state index in [1.165, 1.54) is 13.3 Å². The third-order valence-electron chi connectivity index (χ3n) is 1.69. The fourth-order valence-electron chi connectivity index (χ4n) is 1.00. The third-order valence-corrected chi connectivity index (χ3v) is 1.69. The van der Waals surface area contributed by atoms with Gasteiger partial charge in [0.05, 0.1) is 25.8 Å². The fraction of sp³-hybridized carbons (Fsp3) is 0.375. The van der Waals surface area contributed by atoms with Gasteiger partial charge in [-0.2, -0.15) is 5.26 Å². The van der Waals surface area contributed by atoms with Crippen LogP contribution in [0.3, 0.4) is 0 Å². The minimum atomic E-state index is -0.536. The molecule has 14 heavy (non-hydrogen) atoms. The molecule has 0 unspecified atom stereocenters. The molecule has 1 aromatic heterocycles. The predicted molar refractivity (Wildman–Crippen MR) is 48.1 cm³/mol. The Bertz CT molecular complexity index is 466. The van der Waals surface area contributed by atoms with Gasteiger partial charge in [0, 0.05) is 6.54 Å². The van der Waals surface area contributed by atoms with Gasteiger partial charge in [-0.05, 0) is 0 Å². The maximum atomic E-state index is 11.4. The average molecular weight is 195 g/mol. The van der Waals surface area contributed by atoms with Crippen molar-refractivity contribution in [1.82, 2.24) is 9.55 Å². The number of H-pyrrole nitrogens is 1. The van der Waals surface area contributed by atoms with Crippen LogP contribution in [-0.4, -0.2) is 16.7 Å². The molecular formula is C8H9N3O3. The van der Waals surface area contributed by atoms with E-state index in [0.29, 0.717) is 0 Å². The van der Waals surface area contributed by atoms with Crippen molar-refractivity contribution in [1.29, 1.82) is 5.26 Å². The maximum absolute atomic E-state index is 11.4. The standard InChI is InChI=1S/C8H9N3O3/c1-14-6-5-10-8(13)11(7(6)12)4-2-3-9/h5H,2,4H2,1H3,(H,10,13). The SMILES string of the molecule is COc1c[nH]c(=O)n(CCC#N)c1=O. The quantitative estimate of drug-likeness (QED) is 0.701. The molecule has 74 valence electrons. The van der Waals surface area contributed by atoms with Crippen molar-refractivity contribution in [2.45, 2.75) is 13.0 Å². The largest absolute Gasteiger partial charge is 0.490 e. The minimum absolute atomic E-state index is 0.0579. The van der Waals surface area contributed by atoms with E-state index < -0.39 is 11.2 Å². The molecule has 1 N–H and O–H groups in total.